The van der Waals surface area contributed by atoms with Crippen molar-refractivity contribution in [3.63, 3.8) is 0 Å². The second-order valence-electron chi connectivity index (χ2n) is 7.79. The number of aromatic nitrogens is 2. The van der Waals surface area contributed by atoms with Crippen LogP contribution >= 0.6 is 0 Å². The van der Waals surface area contributed by atoms with Crippen molar-refractivity contribution in [1.82, 2.24) is 14.9 Å². The average molecular weight is 366 g/mol. The van der Waals surface area contributed by atoms with Gasteiger partial charge >= 0.3 is 0 Å². The summed E-state index contributed by atoms with van der Waals surface area (Å²) in [5, 5.41) is 3.00. The van der Waals surface area contributed by atoms with Crippen LogP contribution < -0.4 is 11.1 Å². The van der Waals surface area contributed by atoms with E-state index in [0.29, 0.717) is 23.2 Å². The average Bonchev–Trinajstić information content (AvgIpc) is 3.42. The Hall–Kier alpha value is -2.63. The standard InChI is InChI=1S/C21H26N4O2/c1-13-7-8-15(21(27)24-16-9-10-16)11-17(13)25-18(22)12-23-20(25)19(26)14-5-3-2-4-6-14/h7-8,11-12,14,16H,2-6,9-10,22H2,1H3,(H,24,27). The van der Waals surface area contributed by atoms with Crippen molar-refractivity contribution in [1.29, 1.82) is 0 Å². The molecule has 27 heavy (non-hydrogen) atoms. The number of amides is 1. The molecule has 0 spiro atoms. The minimum Gasteiger partial charge on any atom is -0.383 e. The Bertz CT molecular complexity index is 876. The third-order valence-electron chi connectivity index (χ3n) is 5.61. The number of carbonyl (C=O) groups excluding carboxylic acids is 2. The highest BCUT2D eigenvalue weighted by Crippen LogP contribution is 2.29. The molecule has 0 atom stereocenters. The number of nitrogens with zero attached hydrogens (tertiary/aromatic N) is 2. The fraction of sp³-hybridized carbons (Fsp3) is 0.476. The number of nitrogen functional groups attached to an aromatic ring is 1. The molecule has 2 saturated carbocycles. The highest BCUT2D eigenvalue weighted by molar-refractivity contribution is 5.97. The first-order valence-electron chi connectivity index (χ1n) is 9.84. The maximum absolute atomic E-state index is 13.1. The van der Waals surface area contributed by atoms with Crippen LogP contribution in [0.5, 0.6) is 0 Å². The van der Waals surface area contributed by atoms with Gasteiger partial charge < -0.3 is 11.1 Å². The maximum atomic E-state index is 13.1. The lowest BCUT2D eigenvalue weighted by Crippen LogP contribution is -2.26. The van der Waals surface area contributed by atoms with Gasteiger partial charge in [0.15, 0.2) is 5.82 Å². The number of Topliss-reactive ketones (excluding diaryl/α,β-unsaturated/α-hetero) is 1. The Morgan fingerprint density at radius 2 is 1.89 bits per heavy atom. The van der Waals surface area contributed by atoms with Crippen LogP contribution in [0.2, 0.25) is 0 Å². The van der Waals surface area contributed by atoms with Crippen molar-refractivity contribution in [2.24, 2.45) is 5.92 Å². The van der Waals surface area contributed by atoms with Crippen molar-refractivity contribution in [3.05, 3.63) is 41.3 Å². The molecule has 1 heterocycles. The van der Waals surface area contributed by atoms with Crippen LogP contribution in [0, 0.1) is 12.8 Å². The van der Waals surface area contributed by atoms with Gasteiger partial charge in [0, 0.05) is 17.5 Å². The summed E-state index contributed by atoms with van der Waals surface area (Å²) in [5.74, 6) is 0.774. The molecule has 1 aromatic carbocycles. The number of carbonyl (C=O) groups is 2. The predicted octanol–water partition coefficient (Wildman–Crippen LogP) is 3.42. The van der Waals surface area contributed by atoms with Gasteiger partial charge in [-0.1, -0.05) is 25.3 Å². The zero-order valence-corrected chi connectivity index (χ0v) is 15.7. The summed E-state index contributed by atoms with van der Waals surface area (Å²) < 4.78 is 1.71. The van der Waals surface area contributed by atoms with Gasteiger partial charge in [-0.3, -0.25) is 14.2 Å². The molecule has 6 nitrogen and oxygen atoms in total. The third kappa shape index (κ3) is 3.61. The van der Waals surface area contributed by atoms with Gasteiger partial charge in [-0.2, -0.15) is 0 Å². The summed E-state index contributed by atoms with van der Waals surface area (Å²) in [6, 6.07) is 5.81. The molecule has 0 aliphatic heterocycles. The lowest BCUT2D eigenvalue weighted by atomic mass is 9.86. The van der Waals surface area contributed by atoms with Crippen LogP contribution in [-0.2, 0) is 0 Å². The number of benzene rings is 1. The van der Waals surface area contributed by atoms with Gasteiger partial charge in [0.2, 0.25) is 5.78 Å². The molecule has 2 fully saturated rings. The molecule has 1 amide bonds. The molecule has 2 aliphatic rings. The Kier molecular flexibility index (Phi) is 4.72. The fourth-order valence-corrected chi connectivity index (χ4v) is 3.83. The van der Waals surface area contributed by atoms with Crippen LogP contribution in [0.25, 0.3) is 5.69 Å². The number of nitrogens with two attached hydrogens (primary N) is 1. The highest BCUT2D eigenvalue weighted by Gasteiger charge is 2.28. The summed E-state index contributed by atoms with van der Waals surface area (Å²) in [7, 11) is 0. The van der Waals surface area contributed by atoms with Crippen molar-refractivity contribution >= 4 is 17.5 Å². The first kappa shape index (κ1) is 17.8. The molecule has 1 aromatic heterocycles. The number of anilines is 1. The summed E-state index contributed by atoms with van der Waals surface area (Å²) in [6.07, 6.45) is 8.80. The topological polar surface area (TPSA) is 90.0 Å². The van der Waals surface area contributed by atoms with E-state index in [1.807, 2.05) is 25.1 Å². The SMILES string of the molecule is Cc1ccc(C(=O)NC2CC2)cc1-n1c(N)cnc1C(=O)C1CCCCC1. The van der Waals surface area contributed by atoms with Crippen LogP contribution in [0.15, 0.2) is 24.4 Å². The van der Waals surface area contributed by atoms with Gasteiger partial charge in [0.25, 0.3) is 5.91 Å². The summed E-state index contributed by atoms with van der Waals surface area (Å²) in [6.45, 7) is 1.95. The van der Waals surface area contributed by atoms with E-state index in [1.165, 1.54) is 12.6 Å². The van der Waals surface area contributed by atoms with E-state index >= 15 is 0 Å². The third-order valence-corrected chi connectivity index (χ3v) is 5.61. The summed E-state index contributed by atoms with van der Waals surface area (Å²) in [5.41, 5.74) is 8.44. The van der Waals surface area contributed by atoms with Crippen LogP contribution in [0.4, 0.5) is 5.82 Å². The minimum atomic E-state index is -0.0856. The zero-order chi connectivity index (χ0) is 19.0. The maximum Gasteiger partial charge on any atom is 0.251 e. The van der Waals surface area contributed by atoms with Crippen LogP contribution in [0.1, 0.15) is 71.5 Å². The van der Waals surface area contributed by atoms with Gasteiger partial charge in [-0.15, -0.1) is 0 Å². The quantitative estimate of drug-likeness (QED) is 0.794. The molecular formula is C21H26N4O2. The summed E-state index contributed by atoms with van der Waals surface area (Å²) in [4.78, 5) is 29.8. The van der Waals surface area contributed by atoms with E-state index < -0.39 is 0 Å². The molecule has 2 aromatic rings. The minimum absolute atomic E-state index is 0.0148. The van der Waals surface area contributed by atoms with Gasteiger partial charge in [0.1, 0.15) is 5.82 Å². The lowest BCUT2D eigenvalue weighted by Gasteiger charge is -2.21. The molecule has 0 unspecified atom stereocenters. The number of hydrogen-bond donors (Lipinski definition) is 2. The number of rotatable bonds is 5. The second-order valence-corrected chi connectivity index (χ2v) is 7.79. The van der Waals surface area contributed by atoms with E-state index in [4.69, 9.17) is 5.73 Å². The van der Waals surface area contributed by atoms with Crippen LogP contribution in [-0.4, -0.2) is 27.3 Å². The molecule has 3 N–H and O–H groups in total. The Morgan fingerprint density at radius 1 is 1.15 bits per heavy atom. The van der Waals surface area contributed by atoms with Crippen LogP contribution in [0.3, 0.4) is 0 Å². The van der Waals surface area contributed by atoms with E-state index in [1.54, 1.807) is 4.57 Å². The Morgan fingerprint density at radius 3 is 2.59 bits per heavy atom. The summed E-state index contributed by atoms with van der Waals surface area (Å²) >= 11 is 0. The normalized spacial score (nSPS) is 17.7. The molecule has 0 bridgehead atoms. The van der Waals surface area contributed by atoms with Crippen molar-refractivity contribution in [2.45, 2.75) is 57.9 Å². The number of hydrogen-bond acceptors (Lipinski definition) is 4. The number of ketones is 1. The predicted molar refractivity (Wildman–Crippen MR) is 104 cm³/mol. The largest absolute Gasteiger partial charge is 0.383 e. The Balaban J connectivity index is 1.69. The first-order valence-corrected chi connectivity index (χ1v) is 9.84. The van der Waals surface area contributed by atoms with E-state index in [0.717, 1.165) is 49.8 Å². The molecule has 142 valence electrons. The highest BCUT2D eigenvalue weighted by atomic mass is 16.1. The zero-order valence-electron chi connectivity index (χ0n) is 15.7. The molecule has 6 heteroatoms. The van der Waals surface area contributed by atoms with Crippen molar-refractivity contribution in [2.75, 3.05) is 5.73 Å². The van der Waals surface area contributed by atoms with Gasteiger partial charge in [-0.25, -0.2) is 4.98 Å². The smallest absolute Gasteiger partial charge is 0.251 e. The van der Waals surface area contributed by atoms with Crippen molar-refractivity contribution < 1.29 is 9.59 Å². The van der Waals surface area contributed by atoms with E-state index in [-0.39, 0.29) is 17.6 Å². The van der Waals surface area contributed by atoms with Crippen molar-refractivity contribution in [3.8, 4) is 5.69 Å². The molecule has 0 radical (unpaired) electrons. The van der Waals surface area contributed by atoms with Gasteiger partial charge in [-0.05, 0) is 50.3 Å². The molecular weight excluding hydrogens is 340 g/mol. The molecule has 4 rings (SSSR count). The Labute approximate surface area is 159 Å². The number of imidazole rings is 1. The fourth-order valence-electron chi connectivity index (χ4n) is 3.83. The number of nitrogens with one attached hydrogen (secondary N) is 1. The first-order chi connectivity index (χ1) is 13.0. The monoisotopic (exact) mass is 366 g/mol. The second kappa shape index (κ2) is 7.18. The van der Waals surface area contributed by atoms with E-state index in [9.17, 15) is 9.59 Å². The van der Waals surface area contributed by atoms with E-state index in [2.05, 4.69) is 10.3 Å². The van der Waals surface area contributed by atoms with Gasteiger partial charge in [0.05, 0.1) is 11.9 Å². The lowest BCUT2D eigenvalue weighted by molar-refractivity contribution is 0.0876. The molecule has 0 saturated heterocycles. The molecule has 2 aliphatic carbocycles. The number of aryl methyl sites for hydroxylation is 1.